The highest BCUT2D eigenvalue weighted by molar-refractivity contribution is 8.12. The average molecular weight is 228 g/mol. The van der Waals surface area contributed by atoms with Crippen LogP contribution in [-0.2, 0) is 10.5 Å². The van der Waals surface area contributed by atoms with E-state index in [2.05, 4.69) is 17.4 Å². The van der Waals surface area contributed by atoms with Gasteiger partial charge in [-0.2, -0.15) is 0 Å². The minimum absolute atomic E-state index is 0.487. The van der Waals surface area contributed by atoms with Gasteiger partial charge < -0.3 is 4.74 Å². The molecule has 1 aromatic carbocycles. The minimum atomic E-state index is -0.879. The van der Waals surface area contributed by atoms with E-state index in [-0.39, 0.29) is 0 Å². The molecule has 0 N–H and O–H groups in total. The van der Waals surface area contributed by atoms with Crippen LogP contribution in [0.4, 0.5) is 9.59 Å². The van der Waals surface area contributed by atoms with E-state index in [4.69, 9.17) is 0 Å². The summed E-state index contributed by atoms with van der Waals surface area (Å²) in [4.78, 5) is 21.2. The number of hydrogen-bond donors (Lipinski definition) is 1. The Balaban J connectivity index is 2.34. The molecular formula is C9H8O3S2. The second-order valence-corrected chi connectivity index (χ2v) is 3.67. The van der Waals surface area contributed by atoms with Crippen molar-refractivity contribution in [3.8, 4) is 0 Å². The average Bonchev–Trinajstić information content (AvgIpc) is 2.15. The first-order valence-electron chi connectivity index (χ1n) is 3.80. The van der Waals surface area contributed by atoms with E-state index < -0.39 is 10.6 Å². The fourth-order valence-corrected chi connectivity index (χ4v) is 1.57. The van der Waals surface area contributed by atoms with Gasteiger partial charge in [0.1, 0.15) is 0 Å². The third-order valence-corrected chi connectivity index (χ3v) is 2.26. The monoisotopic (exact) mass is 228 g/mol. The van der Waals surface area contributed by atoms with E-state index in [9.17, 15) is 9.59 Å². The summed E-state index contributed by atoms with van der Waals surface area (Å²) in [6.45, 7) is 0. The van der Waals surface area contributed by atoms with Crippen molar-refractivity contribution in [2.45, 2.75) is 5.75 Å². The molecule has 14 heavy (non-hydrogen) atoms. The fourth-order valence-electron chi connectivity index (χ4n) is 0.817. The Morgan fingerprint density at radius 1 is 1.29 bits per heavy atom. The Labute approximate surface area is 91.2 Å². The molecule has 0 bridgehead atoms. The molecule has 0 saturated carbocycles. The van der Waals surface area contributed by atoms with Gasteiger partial charge in [-0.1, -0.05) is 43.0 Å². The van der Waals surface area contributed by atoms with Gasteiger partial charge >= 0.3 is 10.6 Å². The predicted molar refractivity (Wildman–Crippen MR) is 58.6 cm³/mol. The van der Waals surface area contributed by atoms with Crippen LogP contribution in [0, 0.1) is 0 Å². The molecule has 0 aliphatic carbocycles. The van der Waals surface area contributed by atoms with Gasteiger partial charge in [-0.3, -0.25) is 0 Å². The van der Waals surface area contributed by atoms with Crippen LogP contribution in [0.2, 0.25) is 0 Å². The lowest BCUT2D eigenvalue weighted by Gasteiger charge is -1.99. The van der Waals surface area contributed by atoms with Crippen molar-refractivity contribution in [1.29, 1.82) is 0 Å². The molecule has 0 aliphatic rings. The Morgan fingerprint density at radius 2 is 1.93 bits per heavy atom. The molecule has 0 fully saturated rings. The zero-order valence-electron chi connectivity index (χ0n) is 7.17. The third-order valence-electron chi connectivity index (χ3n) is 1.37. The number of hydrogen-bond acceptors (Lipinski definition) is 4. The Bertz CT molecular complexity index is 324. The first-order chi connectivity index (χ1) is 6.68. The molecule has 0 radical (unpaired) electrons. The highest BCUT2D eigenvalue weighted by Gasteiger charge is 2.07. The van der Waals surface area contributed by atoms with Crippen molar-refractivity contribution in [2.75, 3.05) is 0 Å². The molecule has 1 rings (SSSR count). The summed E-state index contributed by atoms with van der Waals surface area (Å²) in [6, 6.07) is 9.44. The van der Waals surface area contributed by atoms with Gasteiger partial charge in [-0.05, 0) is 17.3 Å². The molecule has 0 aliphatic heterocycles. The third kappa shape index (κ3) is 4.34. The van der Waals surface area contributed by atoms with Crippen LogP contribution in [0.15, 0.2) is 30.3 Å². The quantitative estimate of drug-likeness (QED) is 0.480. The van der Waals surface area contributed by atoms with Crippen molar-refractivity contribution in [3.63, 3.8) is 0 Å². The van der Waals surface area contributed by atoms with Crippen molar-refractivity contribution in [3.05, 3.63) is 35.9 Å². The lowest BCUT2D eigenvalue weighted by Crippen LogP contribution is -1.99. The van der Waals surface area contributed by atoms with E-state index in [1.54, 1.807) is 0 Å². The van der Waals surface area contributed by atoms with Gasteiger partial charge in [0.05, 0.1) is 0 Å². The number of carbonyl (C=O) groups is 2. The molecule has 74 valence electrons. The van der Waals surface area contributed by atoms with Gasteiger partial charge in [0, 0.05) is 5.75 Å². The number of carbonyl (C=O) groups excluding carboxylic acids is 2. The zero-order valence-corrected chi connectivity index (χ0v) is 8.88. The zero-order chi connectivity index (χ0) is 10.4. The molecule has 0 atom stereocenters. The smallest absolute Gasteiger partial charge is 0.375 e. The van der Waals surface area contributed by atoms with Crippen LogP contribution in [-0.4, -0.2) is 10.6 Å². The van der Waals surface area contributed by atoms with Crippen LogP contribution in [0.25, 0.3) is 0 Å². The number of thiol groups is 1. The van der Waals surface area contributed by atoms with Gasteiger partial charge in [-0.15, -0.1) is 0 Å². The van der Waals surface area contributed by atoms with Gasteiger partial charge in [-0.25, -0.2) is 9.59 Å². The Morgan fingerprint density at radius 3 is 2.50 bits per heavy atom. The number of rotatable bonds is 2. The summed E-state index contributed by atoms with van der Waals surface area (Å²) in [6.07, 6.45) is 0. The maximum absolute atomic E-state index is 10.9. The number of benzene rings is 1. The molecule has 0 amide bonds. The minimum Gasteiger partial charge on any atom is -0.376 e. The predicted octanol–water partition coefficient (Wildman–Crippen LogP) is 3.11. The molecule has 5 heteroatoms. The molecule has 0 aromatic heterocycles. The summed E-state index contributed by atoms with van der Waals surface area (Å²) >= 11 is 4.25. The standard InChI is InChI=1S/C9H8O3S2/c10-8(13)12-9(11)14-6-7-4-2-1-3-5-7/h1-5H,6H2,(H,10,13). The SMILES string of the molecule is O=C(S)OC(=O)SCc1ccccc1. The van der Waals surface area contributed by atoms with Crippen LogP contribution < -0.4 is 0 Å². The topological polar surface area (TPSA) is 43.4 Å². The highest BCUT2D eigenvalue weighted by Crippen LogP contribution is 2.14. The van der Waals surface area contributed by atoms with Crippen LogP contribution in [0.1, 0.15) is 5.56 Å². The Hall–Kier alpha value is -0.940. The number of thioether (sulfide) groups is 1. The molecule has 0 saturated heterocycles. The Kier molecular flexibility index (Phi) is 4.55. The normalized spacial score (nSPS) is 9.50. The van der Waals surface area contributed by atoms with Crippen molar-refractivity contribution in [1.82, 2.24) is 0 Å². The molecule has 0 spiro atoms. The van der Waals surface area contributed by atoms with E-state index in [0.29, 0.717) is 5.75 Å². The van der Waals surface area contributed by atoms with E-state index in [0.717, 1.165) is 17.3 Å². The summed E-state index contributed by atoms with van der Waals surface area (Å²) < 4.78 is 4.22. The maximum atomic E-state index is 10.9. The van der Waals surface area contributed by atoms with E-state index in [1.165, 1.54) is 0 Å². The molecule has 0 heterocycles. The summed E-state index contributed by atoms with van der Waals surface area (Å²) in [5, 5.41) is -1.51. The summed E-state index contributed by atoms with van der Waals surface area (Å²) in [5.74, 6) is 0.487. The molecule has 3 nitrogen and oxygen atoms in total. The van der Waals surface area contributed by atoms with Crippen LogP contribution in [0.5, 0.6) is 0 Å². The van der Waals surface area contributed by atoms with Crippen molar-refractivity contribution < 1.29 is 14.3 Å². The lowest BCUT2D eigenvalue weighted by atomic mass is 10.2. The fraction of sp³-hybridized carbons (Fsp3) is 0.111. The second kappa shape index (κ2) is 5.72. The summed E-state index contributed by atoms with van der Waals surface area (Å²) in [7, 11) is 0. The highest BCUT2D eigenvalue weighted by atomic mass is 32.2. The van der Waals surface area contributed by atoms with Crippen LogP contribution >= 0.6 is 24.4 Å². The summed E-state index contributed by atoms with van der Waals surface area (Å²) in [5.41, 5.74) is 1.00. The number of ether oxygens (including phenoxy) is 1. The van der Waals surface area contributed by atoms with Crippen LogP contribution in [0.3, 0.4) is 0 Å². The molecule has 0 unspecified atom stereocenters. The van der Waals surface area contributed by atoms with Gasteiger partial charge in [0.15, 0.2) is 0 Å². The maximum Gasteiger partial charge on any atom is 0.375 e. The first-order valence-corrected chi connectivity index (χ1v) is 5.23. The molecule has 1 aromatic rings. The molecular weight excluding hydrogens is 220 g/mol. The van der Waals surface area contributed by atoms with Crippen molar-refractivity contribution >= 4 is 35.0 Å². The largest absolute Gasteiger partial charge is 0.376 e. The van der Waals surface area contributed by atoms with Crippen molar-refractivity contribution in [2.24, 2.45) is 0 Å². The van der Waals surface area contributed by atoms with E-state index in [1.807, 2.05) is 30.3 Å². The lowest BCUT2D eigenvalue weighted by molar-refractivity contribution is 0.187. The van der Waals surface area contributed by atoms with Gasteiger partial charge in [0.2, 0.25) is 0 Å². The van der Waals surface area contributed by atoms with E-state index >= 15 is 0 Å². The second-order valence-electron chi connectivity index (χ2n) is 2.39. The first kappa shape index (κ1) is 11.1. The van der Waals surface area contributed by atoms with Gasteiger partial charge in [0.25, 0.3) is 0 Å².